The van der Waals surface area contributed by atoms with Crippen LogP contribution >= 0.6 is 7.60 Å². The quantitative estimate of drug-likeness (QED) is 0.175. The van der Waals surface area contributed by atoms with Crippen molar-refractivity contribution in [1.29, 1.82) is 0 Å². The molecule has 0 spiro atoms. The molecule has 0 saturated carbocycles. The average molecular weight is 547 g/mol. The number of ketones is 1. The van der Waals surface area contributed by atoms with Crippen LogP contribution < -0.4 is 11.2 Å². The van der Waals surface area contributed by atoms with Crippen LogP contribution in [0.5, 0.6) is 0 Å². The third kappa shape index (κ3) is 10.3. The maximum absolute atomic E-state index is 13.3. The summed E-state index contributed by atoms with van der Waals surface area (Å²) in [5.41, 5.74) is -0.842. The highest BCUT2D eigenvalue weighted by Crippen LogP contribution is 2.49. The molecule has 1 aliphatic rings. The number of H-pyrrole nitrogens is 1. The number of hydrogen-bond acceptors (Lipinski definition) is 10. The molecule has 3 atom stereocenters. The molecule has 0 bridgehead atoms. The Bertz CT molecular complexity index is 1040. The monoisotopic (exact) mass is 546 g/mol. The number of nitrogens with zero attached hydrogens (tertiary/aromatic N) is 1. The number of aromatic amines is 1. The molecule has 0 amide bonds. The van der Waals surface area contributed by atoms with E-state index in [0.717, 1.165) is 12.8 Å². The molecule has 13 heteroatoms. The van der Waals surface area contributed by atoms with Crippen LogP contribution in [0.3, 0.4) is 0 Å². The molecule has 1 aliphatic heterocycles. The summed E-state index contributed by atoms with van der Waals surface area (Å²) in [6.45, 7) is 7.24. The minimum Gasteiger partial charge on any atom is -0.463 e. The number of esters is 1. The molecular weight excluding hydrogens is 507 g/mol. The lowest BCUT2D eigenvalue weighted by Crippen LogP contribution is -2.33. The lowest BCUT2D eigenvalue weighted by molar-refractivity contribution is -0.151. The molecule has 1 aromatic heterocycles. The molecule has 37 heavy (non-hydrogen) atoms. The van der Waals surface area contributed by atoms with Crippen molar-refractivity contribution in [1.82, 2.24) is 9.55 Å². The van der Waals surface area contributed by atoms with Crippen molar-refractivity contribution in [3.05, 3.63) is 32.6 Å². The number of rotatable bonds is 17. The average Bonchev–Trinajstić information content (AvgIpc) is 3.25. The van der Waals surface area contributed by atoms with Crippen LogP contribution in [0.1, 0.15) is 77.5 Å². The van der Waals surface area contributed by atoms with Crippen molar-refractivity contribution in [2.24, 2.45) is 0 Å². The molecule has 1 aromatic rings. The Labute approximate surface area is 216 Å². The molecule has 0 unspecified atom stereocenters. The number of aryl methyl sites for hydroxylation is 1. The minimum absolute atomic E-state index is 0.0618. The van der Waals surface area contributed by atoms with Crippen molar-refractivity contribution in [2.45, 2.75) is 91.1 Å². The van der Waals surface area contributed by atoms with Gasteiger partial charge in [-0.2, -0.15) is 0 Å². The van der Waals surface area contributed by atoms with E-state index in [0.29, 0.717) is 18.4 Å². The van der Waals surface area contributed by atoms with Crippen LogP contribution in [0.4, 0.5) is 0 Å². The van der Waals surface area contributed by atoms with Crippen molar-refractivity contribution in [3.63, 3.8) is 0 Å². The normalized spacial score (nSPS) is 19.7. The first-order valence-electron chi connectivity index (χ1n) is 12.7. The number of Topliss-reactive ketones (excluding diaryl/α,β-unsaturated/α-hetero) is 1. The fourth-order valence-electron chi connectivity index (χ4n) is 3.52. The number of aromatic nitrogens is 2. The highest BCUT2D eigenvalue weighted by atomic mass is 31.2. The number of unbranched alkanes of at least 4 members (excludes halogenated alkanes) is 2. The van der Waals surface area contributed by atoms with Gasteiger partial charge in [-0.05, 0) is 26.7 Å². The summed E-state index contributed by atoms with van der Waals surface area (Å²) in [7, 11) is -3.57. The lowest BCUT2D eigenvalue weighted by Gasteiger charge is -2.23. The minimum atomic E-state index is -3.57. The van der Waals surface area contributed by atoms with Gasteiger partial charge in [0.1, 0.15) is 31.1 Å². The van der Waals surface area contributed by atoms with E-state index in [1.54, 1.807) is 6.92 Å². The molecule has 12 nitrogen and oxygen atoms in total. The summed E-state index contributed by atoms with van der Waals surface area (Å²) in [5, 5.41) is 0. The number of ether oxygens (including phenoxy) is 3. The second-order valence-electron chi connectivity index (χ2n) is 9.05. The topological polar surface area (TPSA) is 152 Å². The first-order chi connectivity index (χ1) is 17.6. The van der Waals surface area contributed by atoms with Gasteiger partial charge in [0.05, 0.1) is 25.7 Å². The van der Waals surface area contributed by atoms with Crippen LogP contribution in [0.15, 0.2) is 15.8 Å². The maximum atomic E-state index is 13.3. The van der Waals surface area contributed by atoms with Crippen molar-refractivity contribution >= 4 is 19.3 Å². The predicted molar refractivity (Wildman–Crippen MR) is 135 cm³/mol. The molecular formula is C24H39N2O10P. The molecule has 0 aliphatic carbocycles. The standard InChI is InChI=1S/C24H39N2O10P/c1-5-7-11-34-37(31,35-12-8-6-2)16-33-19-13-21(26-14-17(3)23(29)25-24(26)30)36-20(19)15-32-22(28)10-9-18(4)27/h14,19-21H,5-13,15-16H2,1-4H3,(H,25,29,30)/t19-,20+,21+/m0/s1. The van der Waals surface area contributed by atoms with Crippen LogP contribution in [-0.2, 0) is 37.4 Å². The number of carbonyl (C=O) groups is 2. The highest BCUT2D eigenvalue weighted by Gasteiger charge is 2.40. The Kier molecular flexibility index (Phi) is 12.9. The van der Waals surface area contributed by atoms with Crippen molar-refractivity contribution in [3.8, 4) is 0 Å². The molecule has 1 fully saturated rings. The van der Waals surface area contributed by atoms with E-state index in [-0.39, 0.29) is 51.2 Å². The fourth-order valence-corrected chi connectivity index (χ4v) is 4.93. The van der Waals surface area contributed by atoms with Crippen molar-refractivity contribution in [2.75, 3.05) is 26.2 Å². The molecule has 1 N–H and O–H groups in total. The summed E-state index contributed by atoms with van der Waals surface area (Å²) in [6, 6.07) is 0. The number of carbonyl (C=O) groups excluding carboxylic acids is 2. The van der Waals surface area contributed by atoms with E-state index in [1.807, 2.05) is 13.8 Å². The maximum Gasteiger partial charge on any atom is 0.356 e. The Morgan fingerprint density at radius 3 is 2.38 bits per heavy atom. The zero-order valence-corrected chi connectivity index (χ0v) is 23.0. The molecule has 2 rings (SSSR count). The first kappa shape index (κ1) is 31.1. The van der Waals surface area contributed by atoms with E-state index in [2.05, 4.69) is 4.98 Å². The van der Waals surface area contributed by atoms with Gasteiger partial charge in [0.15, 0.2) is 0 Å². The molecule has 1 saturated heterocycles. The molecule has 210 valence electrons. The van der Waals surface area contributed by atoms with Crippen LogP contribution in [-0.4, -0.2) is 59.7 Å². The smallest absolute Gasteiger partial charge is 0.356 e. The predicted octanol–water partition coefficient (Wildman–Crippen LogP) is 3.21. The Balaban J connectivity index is 2.16. The Hall–Kier alpha value is -2.11. The number of nitrogens with one attached hydrogen (secondary N) is 1. The summed E-state index contributed by atoms with van der Waals surface area (Å²) in [4.78, 5) is 49.6. The molecule has 2 heterocycles. The van der Waals surface area contributed by atoms with Gasteiger partial charge >= 0.3 is 19.3 Å². The summed E-state index contributed by atoms with van der Waals surface area (Å²) in [5.74, 6) is -0.709. The highest BCUT2D eigenvalue weighted by molar-refractivity contribution is 7.53. The zero-order valence-electron chi connectivity index (χ0n) is 22.1. The van der Waals surface area contributed by atoms with E-state index in [4.69, 9.17) is 23.3 Å². The van der Waals surface area contributed by atoms with Gasteiger partial charge in [-0.15, -0.1) is 0 Å². The van der Waals surface area contributed by atoms with Gasteiger partial charge in [0.2, 0.25) is 0 Å². The van der Waals surface area contributed by atoms with Gasteiger partial charge < -0.3 is 28.1 Å². The third-order valence-corrected chi connectivity index (χ3v) is 7.36. The second-order valence-corrected chi connectivity index (χ2v) is 11.0. The largest absolute Gasteiger partial charge is 0.463 e. The summed E-state index contributed by atoms with van der Waals surface area (Å²) in [6.07, 6.45) is 2.00. The number of hydrogen-bond donors (Lipinski definition) is 1. The third-order valence-electron chi connectivity index (χ3n) is 5.74. The molecule has 0 radical (unpaired) electrons. The van der Waals surface area contributed by atoms with E-state index < -0.39 is 43.2 Å². The SMILES string of the molecule is CCCCOP(=O)(CO[C@H]1C[C@H](n2cc(C)c(=O)[nH]c2=O)O[C@@H]1COC(=O)CCC(C)=O)OCCCC. The van der Waals surface area contributed by atoms with E-state index >= 15 is 0 Å². The fraction of sp³-hybridized carbons (Fsp3) is 0.750. The van der Waals surface area contributed by atoms with E-state index in [9.17, 15) is 23.7 Å². The van der Waals surface area contributed by atoms with E-state index in [1.165, 1.54) is 17.7 Å². The van der Waals surface area contributed by atoms with Gasteiger partial charge in [0.25, 0.3) is 5.56 Å². The Morgan fingerprint density at radius 2 is 1.78 bits per heavy atom. The summed E-state index contributed by atoms with van der Waals surface area (Å²) < 4.78 is 42.9. The van der Waals surface area contributed by atoms with Gasteiger partial charge in [-0.1, -0.05) is 26.7 Å². The second kappa shape index (κ2) is 15.3. The summed E-state index contributed by atoms with van der Waals surface area (Å²) >= 11 is 0. The van der Waals surface area contributed by atoms with Gasteiger partial charge in [-0.25, -0.2) is 4.79 Å². The van der Waals surface area contributed by atoms with Crippen LogP contribution in [0.2, 0.25) is 0 Å². The van der Waals surface area contributed by atoms with Crippen molar-refractivity contribution < 1.29 is 37.4 Å². The van der Waals surface area contributed by atoms with Gasteiger partial charge in [-0.3, -0.25) is 23.7 Å². The zero-order chi connectivity index (χ0) is 27.4. The van der Waals surface area contributed by atoms with Crippen LogP contribution in [0.25, 0.3) is 0 Å². The van der Waals surface area contributed by atoms with Crippen LogP contribution in [0, 0.1) is 6.92 Å². The molecule has 0 aromatic carbocycles. The Morgan fingerprint density at radius 1 is 1.14 bits per heavy atom. The lowest BCUT2D eigenvalue weighted by atomic mass is 10.2. The first-order valence-corrected chi connectivity index (χ1v) is 14.4. The van der Waals surface area contributed by atoms with Gasteiger partial charge in [0, 0.05) is 24.6 Å².